The van der Waals surface area contributed by atoms with Crippen LogP contribution in [0.15, 0.2) is 42.2 Å². The first-order valence-electron chi connectivity index (χ1n) is 12.2. The number of pyridine rings is 1. The number of rotatable bonds is 7. The number of unbranched alkanes of at least 4 members (excludes halogenated alkanes) is 2. The van der Waals surface area contributed by atoms with Crippen molar-refractivity contribution in [2.45, 2.75) is 84.3 Å². The first-order valence-corrected chi connectivity index (χ1v) is 12.2. The van der Waals surface area contributed by atoms with E-state index in [0.717, 1.165) is 61.0 Å². The van der Waals surface area contributed by atoms with Crippen molar-refractivity contribution in [2.75, 3.05) is 0 Å². The van der Waals surface area contributed by atoms with Gasteiger partial charge in [0.25, 0.3) is 5.91 Å². The summed E-state index contributed by atoms with van der Waals surface area (Å²) in [4.78, 5) is 17.5. The normalized spacial score (nSPS) is 20.8. The van der Waals surface area contributed by atoms with Gasteiger partial charge in [0.2, 0.25) is 0 Å². The fourth-order valence-electron chi connectivity index (χ4n) is 5.40. The van der Waals surface area contributed by atoms with Gasteiger partial charge in [-0.15, -0.1) is 0 Å². The molecule has 2 heterocycles. The van der Waals surface area contributed by atoms with Gasteiger partial charge in [-0.3, -0.25) is 9.78 Å². The number of fused-ring (bicyclic) bond motifs is 3. The Kier molecular flexibility index (Phi) is 6.78. The van der Waals surface area contributed by atoms with E-state index in [1.165, 1.54) is 5.57 Å². The third kappa shape index (κ3) is 4.78. The van der Waals surface area contributed by atoms with Gasteiger partial charge in [-0.1, -0.05) is 37.5 Å². The number of hydrogen-bond donors (Lipinski definition) is 2. The van der Waals surface area contributed by atoms with E-state index in [9.17, 15) is 9.90 Å². The third-order valence-electron chi connectivity index (χ3n) is 7.18. The van der Waals surface area contributed by atoms with Gasteiger partial charge in [-0.25, -0.2) is 0 Å². The fourth-order valence-corrected chi connectivity index (χ4v) is 5.40. The molecule has 0 fully saturated rings. The topological polar surface area (TPSA) is 71.5 Å². The molecule has 0 radical (unpaired) electrons. The Morgan fingerprint density at radius 1 is 1.33 bits per heavy atom. The monoisotopic (exact) mass is 448 g/mol. The van der Waals surface area contributed by atoms with Gasteiger partial charge in [-0.2, -0.15) is 0 Å². The molecule has 1 aliphatic carbocycles. The van der Waals surface area contributed by atoms with Gasteiger partial charge in [0.1, 0.15) is 17.1 Å². The van der Waals surface area contributed by atoms with Gasteiger partial charge in [0, 0.05) is 36.3 Å². The minimum Gasteiger partial charge on any atom is -0.507 e. The number of aromatic nitrogens is 1. The zero-order valence-electron chi connectivity index (χ0n) is 20.3. The van der Waals surface area contributed by atoms with Crippen molar-refractivity contribution in [3.05, 3.63) is 64.5 Å². The minimum atomic E-state index is -0.327. The van der Waals surface area contributed by atoms with Crippen LogP contribution in [0, 0.1) is 5.92 Å². The second-order valence-electron chi connectivity index (χ2n) is 10.1. The Morgan fingerprint density at radius 3 is 2.88 bits per heavy atom. The van der Waals surface area contributed by atoms with Gasteiger partial charge in [0.15, 0.2) is 0 Å². The molecule has 1 amide bonds. The molecule has 5 nitrogen and oxygen atoms in total. The van der Waals surface area contributed by atoms with Crippen molar-refractivity contribution >= 4 is 5.91 Å². The highest BCUT2D eigenvalue weighted by Gasteiger charge is 2.46. The second kappa shape index (κ2) is 9.58. The molecule has 176 valence electrons. The van der Waals surface area contributed by atoms with Crippen LogP contribution in [0.1, 0.15) is 92.8 Å². The first-order chi connectivity index (χ1) is 15.8. The number of nitrogens with one attached hydrogen (secondary N) is 1. The summed E-state index contributed by atoms with van der Waals surface area (Å²) in [5.74, 6) is 0.867. The lowest BCUT2D eigenvalue weighted by Crippen LogP contribution is -2.45. The highest BCUT2D eigenvalue weighted by atomic mass is 16.5. The van der Waals surface area contributed by atoms with Crippen molar-refractivity contribution in [3.8, 4) is 11.5 Å². The lowest BCUT2D eigenvalue weighted by molar-refractivity contribution is 0.0107. The number of phenolic OH excluding ortho intramolecular Hbond substituents is 1. The number of amides is 1. The molecule has 4 rings (SSSR count). The minimum absolute atomic E-state index is 0.0482. The lowest BCUT2D eigenvalue weighted by Gasteiger charge is -2.46. The van der Waals surface area contributed by atoms with Crippen LogP contribution < -0.4 is 10.1 Å². The molecular formula is C28H36N2O3. The Hall–Kier alpha value is -2.82. The largest absolute Gasteiger partial charge is 0.507 e. The number of allylic oxidation sites excluding steroid dienone is 2. The molecule has 0 saturated heterocycles. The van der Waals surface area contributed by atoms with Crippen molar-refractivity contribution in [1.82, 2.24) is 10.3 Å². The van der Waals surface area contributed by atoms with Gasteiger partial charge < -0.3 is 15.2 Å². The van der Waals surface area contributed by atoms with Crippen LogP contribution in [-0.2, 0) is 13.0 Å². The molecule has 2 atom stereocenters. The van der Waals surface area contributed by atoms with Crippen LogP contribution in [0.25, 0.3) is 0 Å². The SMILES string of the molecule is CCCCCc1cc2c(c(O)c1C(=O)NCc1cccnc1)[C@@H]1C=C(C)CC[C@H]1C(C)(C)O2. The van der Waals surface area contributed by atoms with Gasteiger partial charge in [0.05, 0.1) is 5.56 Å². The maximum atomic E-state index is 13.4. The van der Waals surface area contributed by atoms with Crippen molar-refractivity contribution in [1.29, 1.82) is 0 Å². The predicted molar refractivity (Wildman–Crippen MR) is 131 cm³/mol. The van der Waals surface area contributed by atoms with Crippen LogP contribution >= 0.6 is 0 Å². The molecule has 0 unspecified atom stereocenters. The first kappa shape index (κ1) is 23.3. The third-order valence-corrected chi connectivity index (χ3v) is 7.18. The average molecular weight is 449 g/mol. The summed E-state index contributed by atoms with van der Waals surface area (Å²) in [6.45, 7) is 8.96. The van der Waals surface area contributed by atoms with Gasteiger partial charge in [-0.05, 0) is 69.7 Å². The molecule has 1 aromatic carbocycles. The second-order valence-corrected chi connectivity index (χ2v) is 10.1. The number of aromatic hydroxyl groups is 1. The van der Waals surface area contributed by atoms with E-state index in [0.29, 0.717) is 12.1 Å². The van der Waals surface area contributed by atoms with Crippen molar-refractivity contribution < 1.29 is 14.6 Å². The highest BCUT2D eigenvalue weighted by molar-refractivity contribution is 5.99. The summed E-state index contributed by atoms with van der Waals surface area (Å²) in [6, 6.07) is 5.79. The maximum Gasteiger partial charge on any atom is 0.255 e. The number of nitrogens with zero attached hydrogens (tertiary/aromatic N) is 1. The predicted octanol–water partition coefficient (Wildman–Crippen LogP) is 6.06. The smallest absolute Gasteiger partial charge is 0.255 e. The number of aryl methyl sites for hydroxylation is 1. The number of phenols is 1. The van der Waals surface area contributed by atoms with E-state index in [2.05, 4.69) is 44.1 Å². The molecule has 33 heavy (non-hydrogen) atoms. The number of benzene rings is 1. The standard InChI is InChI=1S/C28H36N2O3/c1-5-6-7-10-20-15-23-25(21-14-18(2)11-12-22(21)28(3,4)33-23)26(31)24(20)27(32)30-17-19-9-8-13-29-16-19/h8-9,13-16,21-22,31H,5-7,10-12,17H2,1-4H3,(H,30,32)/t21-,22-/m1/s1. The van der Waals surface area contributed by atoms with E-state index < -0.39 is 0 Å². The molecular weight excluding hydrogens is 412 g/mol. The summed E-state index contributed by atoms with van der Waals surface area (Å²) < 4.78 is 6.49. The molecule has 1 aromatic heterocycles. The van der Waals surface area contributed by atoms with E-state index >= 15 is 0 Å². The fraction of sp³-hybridized carbons (Fsp3) is 0.500. The molecule has 0 spiro atoms. The van der Waals surface area contributed by atoms with Crippen LogP contribution in [0.4, 0.5) is 0 Å². The summed E-state index contributed by atoms with van der Waals surface area (Å²) in [6.07, 6.45) is 11.6. The van der Waals surface area contributed by atoms with Crippen LogP contribution in [-0.4, -0.2) is 21.6 Å². The lowest BCUT2D eigenvalue weighted by atomic mass is 9.67. The quantitative estimate of drug-likeness (QED) is 0.399. The zero-order chi connectivity index (χ0) is 23.6. The van der Waals surface area contributed by atoms with Crippen molar-refractivity contribution in [2.24, 2.45) is 5.92 Å². The Labute approximate surface area is 197 Å². The molecule has 0 saturated carbocycles. The molecule has 1 aliphatic heterocycles. The van der Waals surface area contributed by atoms with E-state index in [4.69, 9.17) is 4.74 Å². The van der Waals surface area contributed by atoms with Crippen LogP contribution in [0.5, 0.6) is 11.5 Å². The van der Waals surface area contributed by atoms with Crippen molar-refractivity contribution in [3.63, 3.8) is 0 Å². The van der Waals surface area contributed by atoms with E-state index in [1.807, 2.05) is 18.2 Å². The Morgan fingerprint density at radius 2 is 2.15 bits per heavy atom. The average Bonchev–Trinajstić information content (AvgIpc) is 2.77. The molecule has 0 bridgehead atoms. The van der Waals surface area contributed by atoms with Gasteiger partial charge >= 0.3 is 0 Å². The number of hydrogen-bond acceptors (Lipinski definition) is 4. The summed E-state index contributed by atoms with van der Waals surface area (Å²) in [7, 11) is 0. The highest BCUT2D eigenvalue weighted by Crippen LogP contribution is 2.54. The molecule has 5 heteroatoms. The Balaban J connectivity index is 1.75. The summed E-state index contributed by atoms with van der Waals surface area (Å²) in [5.41, 5.74) is 3.94. The molecule has 2 aliphatic rings. The molecule has 2 aromatic rings. The van der Waals surface area contributed by atoms with E-state index in [1.54, 1.807) is 12.4 Å². The number of ether oxygens (including phenoxy) is 1. The van der Waals surface area contributed by atoms with E-state index in [-0.39, 0.29) is 29.1 Å². The van der Waals surface area contributed by atoms with Crippen LogP contribution in [0.3, 0.4) is 0 Å². The molecule has 2 N–H and O–H groups in total. The Bertz CT molecular complexity index is 1040. The zero-order valence-corrected chi connectivity index (χ0v) is 20.3. The number of carbonyl (C=O) groups excluding carboxylic acids is 1. The number of carbonyl (C=O) groups is 1. The van der Waals surface area contributed by atoms with Crippen LogP contribution in [0.2, 0.25) is 0 Å². The summed E-state index contributed by atoms with van der Waals surface area (Å²) >= 11 is 0. The maximum absolute atomic E-state index is 13.4. The summed E-state index contributed by atoms with van der Waals surface area (Å²) in [5, 5.41) is 14.5.